The second-order valence-corrected chi connectivity index (χ2v) is 5.20. The summed E-state index contributed by atoms with van der Waals surface area (Å²) in [5.41, 5.74) is 9.78. The van der Waals surface area contributed by atoms with Crippen molar-refractivity contribution < 1.29 is 4.74 Å². The molecule has 3 N–H and O–H groups in total. The number of anilines is 3. The van der Waals surface area contributed by atoms with Crippen LogP contribution in [0.2, 0.25) is 0 Å². The quantitative estimate of drug-likeness (QED) is 0.649. The first kappa shape index (κ1) is 13.0. The van der Waals surface area contributed by atoms with Crippen molar-refractivity contribution in [2.75, 3.05) is 18.2 Å². The summed E-state index contributed by atoms with van der Waals surface area (Å²) in [6.07, 6.45) is 0. The van der Waals surface area contributed by atoms with Gasteiger partial charge in [-0.25, -0.2) is 0 Å². The Morgan fingerprint density at radius 1 is 1.17 bits per heavy atom. The second kappa shape index (κ2) is 5.48. The molecule has 2 aromatic carbocycles. The summed E-state index contributed by atoms with van der Waals surface area (Å²) in [7, 11) is 1.64. The molecule has 0 saturated heterocycles. The van der Waals surface area contributed by atoms with E-state index >= 15 is 0 Å². The molecule has 94 valence electrons. The van der Waals surface area contributed by atoms with E-state index in [2.05, 4.69) is 47.0 Å². The maximum atomic E-state index is 5.94. The van der Waals surface area contributed by atoms with E-state index in [-0.39, 0.29) is 0 Å². The predicted octanol–water partition coefficient (Wildman–Crippen LogP) is 3.93. The average molecular weight is 354 g/mol. The Hall–Kier alpha value is -1.43. The fraction of sp³-hybridized carbons (Fsp3) is 0.143. The maximum absolute atomic E-state index is 5.94. The first-order chi connectivity index (χ1) is 8.60. The lowest BCUT2D eigenvalue weighted by Crippen LogP contribution is -1.97. The number of nitrogen functional groups attached to an aromatic ring is 1. The minimum Gasteiger partial charge on any atom is -0.497 e. The standard InChI is InChI=1S/C14H15IN2O/c1-9-3-4-10(7-12(9)15)17-14-8-11(18-2)5-6-13(14)16/h3-8,17H,16H2,1-2H3. The molecule has 2 aromatic rings. The monoisotopic (exact) mass is 354 g/mol. The number of ether oxygens (including phenoxy) is 1. The van der Waals surface area contributed by atoms with Gasteiger partial charge in [-0.15, -0.1) is 0 Å². The Balaban J connectivity index is 2.30. The number of methoxy groups -OCH3 is 1. The third-order valence-corrected chi connectivity index (χ3v) is 3.87. The fourth-order valence-electron chi connectivity index (χ4n) is 1.60. The topological polar surface area (TPSA) is 47.3 Å². The van der Waals surface area contributed by atoms with Crippen molar-refractivity contribution in [2.24, 2.45) is 0 Å². The van der Waals surface area contributed by atoms with Gasteiger partial charge in [0.15, 0.2) is 0 Å². The van der Waals surface area contributed by atoms with E-state index < -0.39 is 0 Å². The summed E-state index contributed by atoms with van der Waals surface area (Å²) in [6, 6.07) is 11.8. The SMILES string of the molecule is COc1ccc(N)c(Nc2ccc(C)c(I)c2)c1. The number of hydrogen-bond acceptors (Lipinski definition) is 3. The molecule has 0 radical (unpaired) electrons. The van der Waals surface area contributed by atoms with Crippen LogP contribution < -0.4 is 15.8 Å². The number of halogens is 1. The van der Waals surface area contributed by atoms with Crippen molar-refractivity contribution >= 4 is 39.7 Å². The molecule has 0 heterocycles. The van der Waals surface area contributed by atoms with Gasteiger partial charge < -0.3 is 15.8 Å². The van der Waals surface area contributed by atoms with Gasteiger partial charge in [-0.3, -0.25) is 0 Å². The third-order valence-electron chi connectivity index (χ3n) is 2.71. The Morgan fingerprint density at radius 2 is 1.94 bits per heavy atom. The Labute approximate surface area is 120 Å². The zero-order valence-corrected chi connectivity index (χ0v) is 12.5. The Bertz CT molecular complexity index is 570. The molecule has 0 atom stereocenters. The molecular weight excluding hydrogens is 339 g/mol. The van der Waals surface area contributed by atoms with Gasteiger partial charge in [0, 0.05) is 15.3 Å². The van der Waals surface area contributed by atoms with Crippen LogP contribution in [0, 0.1) is 10.5 Å². The lowest BCUT2D eigenvalue weighted by atomic mass is 10.2. The van der Waals surface area contributed by atoms with Crippen LogP contribution in [0.5, 0.6) is 5.75 Å². The molecule has 18 heavy (non-hydrogen) atoms. The lowest BCUT2D eigenvalue weighted by molar-refractivity contribution is 0.415. The van der Waals surface area contributed by atoms with E-state index in [0.717, 1.165) is 17.1 Å². The molecule has 0 amide bonds. The van der Waals surface area contributed by atoms with E-state index in [1.165, 1.54) is 9.13 Å². The number of hydrogen-bond donors (Lipinski definition) is 2. The summed E-state index contributed by atoms with van der Waals surface area (Å²) >= 11 is 2.32. The highest BCUT2D eigenvalue weighted by Gasteiger charge is 2.03. The number of nitrogens with one attached hydrogen (secondary N) is 1. The van der Waals surface area contributed by atoms with E-state index in [0.29, 0.717) is 5.69 Å². The minimum absolute atomic E-state index is 0.700. The average Bonchev–Trinajstić information content (AvgIpc) is 2.36. The van der Waals surface area contributed by atoms with Gasteiger partial charge in [-0.05, 0) is 59.3 Å². The van der Waals surface area contributed by atoms with E-state index in [4.69, 9.17) is 10.5 Å². The molecule has 3 nitrogen and oxygen atoms in total. The second-order valence-electron chi connectivity index (χ2n) is 4.04. The number of nitrogens with two attached hydrogens (primary N) is 1. The molecule has 0 aromatic heterocycles. The van der Waals surface area contributed by atoms with Crippen LogP contribution in [0.25, 0.3) is 0 Å². The summed E-state index contributed by atoms with van der Waals surface area (Å²) < 4.78 is 6.41. The highest BCUT2D eigenvalue weighted by molar-refractivity contribution is 14.1. The fourth-order valence-corrected chi connectivity index (χ4v) is 2.11. The summed E-state index contributed by atoms with van der Waals surface area (Å²) in [6.45, 7) is 2.09. The van der Waals surface area contributed by atoms with Crippen LogP contribution in [0.4, 0.5) is 17.1 Å². The maximum Gasteiger partial charge on any atom is 0.121 e. The van der Waals surface area contributed by atoms with Gasteiger partial charge >= 0.3 is 0 Å². The molecule has 0 aliphatic heterocycles. The molecule has 0 aliphatic carbocycles. The van der Waals surface area contributed by atoms with Crippen LogP contribution in [0.3, 0.4) is 0 Å². The molecular formula is C14H15IN2O. The zero-order valence-electron chi connectivity index (χ0n) is 10.3. The largest absolute Gasteiger partial charge is 0.497 e. The van der Waals surface area contributed by atoms with Gasteiger partial charge in [0.05, 0.1) is 18.5 Å². The van der Waals surface area contributed by atoms with Crippen LogP contribution >= 0.6 is 22.6 Å². The molecule has 0 spiro atoms. The van der Waals surface area contributed by atoms with E-state index in [1.807, 2.05) is 24.3 Å². The van der Waals surface area contributed by atoms with Crippen molar-refractivity contribution in [3.05, 3.63) is 45.5 Å². The van der Waals surface area contributed by atoms with Gasteiger partial charge in [-0.2, -0.15) is 0 Å². The molecule has 0 saturated carbocycles. The zero-order chi connectivity index (χ0) is 13.1. The van der Waals surface area contributed by atoms with Crippen LogP contribution in [0.1, 0.15) is 5.56 Å². The highest BCUT2D eigenvalue weighted by Crippen LogP contribution is 2.28. The molecule has 0 bridgehead atoms. The molecule has 0 aliphatic rings. The smallest absolute Gasteiger partial charge is 0.121 e. The Kier molecular flexibility index (Phi) is 3.96. The summed E-state index contributed by atoms with van der Waals surface area (Å²) in [4.78, 5) is 0. The van der Waals surface area contributed by atoms with Crippen molar-refractivity contribution in [1.82, 2.24) is 0 Å². The minimum atomic E-state index is 0.700. The van der Waals surface area contributed by atoms with Crippen LogP contribution in [0.15, 0.2) is 36.4 Å². The third kappa shape index (κ3) is 2.87. The highest BCUT2D eigenvalue weighted by atomic mass is 127. The molecule has 0 unspecified atom stereocenters. The van der Waals surface area contributed by atoms with Crippen LogP contribution in [-0.4, -0.2) is 7.11 Å². The van der Waals surface area contributed by atoms with Gasteiger partial charge in [0.25, 0.3) is 0 Å². The first-order valence-electron chi connectivity index (χ1n) is 5.57. The van der Waals surface area contributed by atoms with Crippen LogP contribution in [-0.2, 0) is 0 Å². The molecule has 2 rings (SSSR count). The first-order valence-corrected chi connectivity index (χ1v) is 6.64. The normalized spacial score (nSPS) is 10.2. The van der Waals surface area contributed by atoms with Crippen molar-refractivity contribution in [3.8, 4) is 5.75 Å². The van der Waals surface area contributed by atoms with E-state index in [9.17, 15) is 0 Å². The molecule has 0 fully saturated rings. The summed E-state index contributed by atoms with van der Waals surface area (Å²) in [5, 5.41) is 3.31. The van der Waals surface area contributed by atoms with Crippen molar-refractivity contribution in [3.63, 3.8) is 0 Å². The predicted molar refractivity (Wildman–Crippen MR) is 84.6 cm³/mol. The molecule has 4 heteroatoms. The van der Waals surface area contributed by atoms with E-state index in [1.54, 1.807) is 7.11 Å². The number of rotatable bonds is 3. The Morgan fingerprint density at radius 3 is 2.61 bits per heavy atom. The summed E-state index contributed by atoms with van der Waals surface area (Å²) in [5.74, 6) is 0.786. The lowest BCUT2D eigenvalue weighted by Gasteiger charge is -2.12. The van der Waals surface area contributed by atoms with Gasteiger partial charge in [0.2, 0.25) is 0 Å². The van der Waals surface area contributed by atoms with Gasteiger partial charge in [0.1, 0.15) is 5.75 Å². The van der Waals surface area contributed by atoms with Crippen molar-refractivity contribution in [1.29, 1.82) is 0 Å². The number of benzene rings is 2. The van der Waals surface area contributed by atoms with Crippen molar-refractivity contribution in [2.45, 2.75) is 6.92 Å². The number of aryl methyl sites for hydroxylation is 1. The van der Waals surface area contributed by atoms with Gasteiger partial charge in [-0.1, -0.05) is 6.07 Å².